The summed E-state index contributed by atoms with van der Waals surface area (Å²) in [6.45, 7) is 6.26. The Balaban J connectivity index is 1.78. The van der Waals surface area contributed by atoms with Crippen LogP contribution in [-0.2, 0) is 0 Å². The maximum absolute atomic E-state index is 13.8. The fourth-order valence-corrected chi connectivity index (χ4v) is 3.41. The minimum atomic E-state index is -0.718. The summed E-state index contributed by atoms with van der Waals surface area (Å²) in [5, 5.41) is 5.92. The van der Waals surface area contributed by atoms with E-state index in [1.54, 1.807) is 18.7 Å². The van der Waals surface area contributed by atoms with Crippen molar-refractivity contribution in [3.8, 4) is 17.0 Å². The van der Waals surface area contributed by atoms with E-state index in [1.807, 2.05) is 0 Å². The van der Waals surface area contributed by atoms with Crippen molar-refractivity contribution in [3.05, 3.63) is 35.6 Å². The third kappa shape index (κ3) is 3.90. The van der Waals surface area contributed by atoms with E-state index in [1.165, 1.54) is 12.1 Å². The Labute approximate surface area is 171 Å². The lowest BCUT2D eigenvalue weighted by molar-refractivity contribution is 0.203. The molecule has 1 saturated heterocycles. The number of carbonyl (C=O) groups is 1. The molecule has 10 heteroatoms. The van der Waals surface area contributed by atoms with Gasteiger partial charge in [0, 0.05) is 32.2 Å². The molecule has 3 heterocycles. The molecule has 158 valence electrons. The van der Waals surface area contributed by atoms with Gasteiger partial charge in [-0.05, 0) is 31.5 Å². The van der Waals surface area contributed by atoms with Crippen LogP contribution in [0.5, 0.6) is 5.88 Å². The van der Waals surface area contributed by atoms with E-state index in [2.05, 4.69) is 20.6 Å². The zero-order chi connectivity index (χ0) is 21.3. The molecule has 0 aliphatic carbocycles. The standard InChI is InChI=1S/C20H21F2N5O3/c1-3-29-19-17(25-20(28)27-6-4-23-5-7-27)24-16-15(11(2)30-18(16)26-19)12-8-13(21)10-14(22)9-12/h8-10,23H,3-7H2,1-2H3,(H,24,25,28). The van der Waals surface area contributed by atoms with Crippen molar-refractivity contribution in [3.63, 3.8) is 0 Å². The van der Waals surface area contributed by atoms with Crippen LogP contribution in [0.4, 0.5) is 19.4 Å². The molecule has 1 aromatic carbocycles. The van der Waals surface area contributed by atoms with Gasteiger partial charge in [-0.25, -0.2) is 18.6 Å². The highest BCUT2D eigenvalue weighted by atomic mass is 19.1. The number of anilines is 1. The predicted molar refractivity (Wildman–Crippen MR) is 107 cm³/mol. The van der Waals surface area contributed by atoms with Crippen LogP contribution in [0, 0.1) is 18.6 Å². The number of halogens is 2. The van der Waals surface area contributed by atoms with E-state index < -0.39 is 11.6 Å². The van der Waals surface area contributed by atoms with Gasteiger partial charge in [0.2, 0.25) is 5.71 Å². The van der Waals surface area contributed by atoms with E-state index in [-0.39, 0.29) is 34.5 Å². The van der Waals surface area contributed by atoms with Crippen LogP contribution in [0.15, 0.2) is 22.6 Å². The number of ether oxygens (including phenoxy) is 1. The average molecular weight is 417 g/mol. The highest BCUT2D eigenvalue weighted by Crippen LogP contribution is 2.36. The van der Waals surface area contributed by atoms with Gasteiger partial charge in [0.1, 0.15) is 22.9 Å². The molecule has 0 radical (unpaired) electrons. The van der Waals surface area contributed by atoms with Crippen molar-refractivity contribution < 1.29 is 22.7 Å². The molecular formula is C20H21F2N5O3. The molecule has 1 aliphatic rings. The van der Waals surface area contributed by atoms with Gasteiger partial charge in [0.25, 0.3) is 5.88 Å². The highest BCUT2D eigenvalue weighted by molar-refractivity contribution is 5.95. The number of aryl methyl sites for hydroxylation is 1. The van der Waals surface area contributed by atoms with Crippen LogP contribution in [0.1, 0.15) is 12.7 Å². The number of furan rings is 1. The van der Waals surface area contributed by atoms with Crippen LogP contribution in [0.3, 0.4) is 0 Å². The van der Waals surface area contributed by atoms with Crippen molar-refractivity contribution in [2.75, 3.05) is 38.1 Å². The molecule has 8 nitrogen and oxygen atoms in total. The van der Waals surface area contributed by atoms with Gasteiger partial charge < -0.3 is 19.4 Å². The van der Waals surface area contributed by atoms with E-state index in [0.717, 1.165) is 6.07 Å². The number of benzene rings is 1. The van der Waals surface area contributed by atoms with Crippen LogP contribution >= 0.6 is 0 Å². The number of rotatable bonds is 4. The highest BCUT2D eigenvalue weighted by Gasteiger charge is 2.23. The maximum Gasteiger partial charge on any atom is 0.323 e. The normalized spacial score (nSPS) is 14.2. The molecule has 30 heavy (non-hydrogen) atoms. The summed E-state index contributed by atoms with van der Waals surface area (Å²) in [5.41, 5.74) is 1.09. The number of nitrogens with one attached hydrogen (secondary N) is 2. The average Bonchev–Trinajstić information content (AvgIpc) is 3.03. The fraction of sp³-hybridized carbons (Fsp3) is 0.350. The summed E-state index contributed by atoms with van der Waals surface area (Å²) < 4.78 is 38.8. The zero-order valence-corrected chi connectivity index (χ0v) is 16.6. The van der Waals surface area contributed by atoms with Crippen molar-refractivity contribution in [2.24, 2.45) is 0 Å². The largest absolute Gasteiger partial charge is 0.475 e. The third-order valence-electron chi connectivity index (χ3n) is 4.73. The lowest BCUT2D eigenvalue weighted by Crippen LogP contribution is -2.48. The summed E-state index contributed by atoms with van der Waals surface area (Å²) in [5.74, 6) is -0.816. The number of aromatic nitrogens is 2. The molecule has 1 aliphatic heterocycles. The van der Waals surface area contributed by atoms with Crippen molar-refractivity contribution in [1.82, 2.24) is 20.2 Å². The van der Waals surface area contributed by atoms with E-state index in [0.29, 0.717) is 44.1 Å². The Bertz CT molecular complexity index is 1080. The van der Waals surface area contributed by atoms with Gasteiger partial charge in [-0.2, -0.15) is 4.98 Å². The number of fused-ring (bicyclic) bond motifs is 1. The molecule has 0 atom stereocenters. The lowest BCUT2D eigenvalue weighted by atomic mass is 10.1. The van der Waals surface area contributed by atoms with E-state index in [9.17, 15) is 13.6 Å². The molecule has 0 unspecified atom stereocenters. The van der Waals surface area contributed by atoms with Crippen molar-refractivity contribution in [2.45, 2.75) is 13.8 Å². The van der Waals surface area contributed by atoms with Crippen molar-refractivity contribution in [1.29, 1.82) is 0 Å². The number of nitrogens with zero attached hydrogens (tertiary/aromatic N) is 3. The summed E-state index contributed by atoms with van der Waals surface area (Å²) in [4.78, 5) is 23.1. The molecule has 2 aromatic heterocycles. The first kappa shape index (κ1) is 20.0. The Morgan fingerprint density at radius 3 is 2.60 bits per heavy atom. The quantitative estimate of drug-likeness (QED) is 0.677. The van der Waals surface area contributed by atoms with Gasteiger partial charge in [0.15, 0.2) is 5.82 Å². The molecule has 1 fully saturated rings. The van der Waals surface area contributed by atoms with Gasteiger partial charge in [0.05, 0.1) is 12.2 Å². The smallest absolute Gasteiger partial charge is 0.323 e. The van der Waals surface area contributed by atoms with Gasteiger partial charge in [-0.1, -0.05) is 0 Å². The number of piperazine rings is 1. The topological polar surface area (TPSA) is 92.5 Å². The monoisotopic (exact) mass is 417 g/mol. The summed E-state index contributed by atoms with van der Waals surface area (Å²) >= 11 is 0. The van der Waals surface area contributed by atoms with E-state index in [4.69, 9.17) is 9.15 Å². The summed E-state index contributed by atoms with van der Waals surface area (Å²) in [6.07, 6.45) is 0. The molecule has 0 spiro atoms. The molecule has 4 rings (SSSR count). The molecular weight excluding hydrogens is 396 g/mol. The zero-order valence-electron chi connectivity index (χ0n) is 16.6. The molecule has 0 bridgehead atoms. The van der Waals surface area contributed by atoms with Gasteiger partial charge in [-0.15, -0.1) is 0 Å². The maximum atomic E-state index is 13.8. The number of hydrogen-bond donors (Lipinski definition) is 2. The van der Waals surface area contributed by atoms with Crippen LogP contribution in [0.25, 0.3) is 22.4 Å². The SMILES string of the molecule is CCOc1nc2oc(C)c(-c3cc(F)cc(F)c3)c2nc1NC(=O)N1CCNCC1. The Hall–Kier alpha value is -3.27. The first-order chi connectivity index (χ1) is 14.5. The molecule has 2 N–H and O–H groups in total. The second-order valence-corrected chi connectivity index (χ2v) is 6.82. The minimum Gasteiger partial charge on any atom is -0.475 e. The summed E-state index contributed by atoms with van der Waals surface area (Å²) in [6, 6.07) is 2.85. The van der Waals surface area contributed by atoms with Gasteiger partial charge in [-0.3, -0.25) is 5.32 Å². The first-order valence-electron chi connectivity index (χ1n) is 9.63. The Morgan fingerprint density at radius 2 is 1.93 bits per heavy atom. The number of amides is 2. The third-order valence-corrected chi connectivity index (χ3v) is 4.73. The second-order valence-electron chi connectivity index (χ2n) is 6.82. The Morgan fingerprint density at radius 1 is 1.23 bits per heavy atom. The number of carbonyl (C=O) groups excluding carboxylic acids is 1. The second kappa shape index (κ2) is 8.23. The van der Waals surface area contributed by atoms with Crippen LogP contribution < -0.4 is 15.4 Å². The van der Waals surface area contributed by atoms with Crippen LogP contribution in [0.2, 0.25) is 0 Å². The number of urea groups is 1. The van der Waals surface area contributed by atoms with E-state index >= 15 is 0 Å². The number of hydrogen-bond acceptors (Lipinski definition) is 6. The lowest BCUT2D eigenvalue weighted by Gasteiger charge is -2.27. The van der Waals surface area contributed by atoms with Crippen molar-refractivity contribution >= 4 is 23.1 Å². The fourth-order valence-electron chi connectivity index (χ4n) is 3.41. The molecule has 2 amide bonds. The molecule has 0 saturated carbocycles. The Kier molecular flexibility index (Phi) is 5.49. The summed E-state index contributed by atoms with van der Waals surface area (Å²) in [7, 11) is 0. The van der Waals surface area contributed by atoms with Crippen LogP contribution in [-0.4, -0.2) is 53.7 Å². The predicted octanol–water partition coefficient (Wildman–Crippen LogP) is 3.31. The van der Waals surface area contributed by atoms with Gasteiger partial charge >= 0.3 is 6.03 Å². The first-order valence-corrected chi connectivity index (χ1v) is 9.63. The molecule has 3 aromatic rings. The minimum absolute atomic E-state index is 0.110.